The third kappa shape index (κ3) is 5.27. The first-order valence-corrected chi connectivity index (χ1v) is 9.09. The Bertz CT molecular complexity index is 477. The number of hydrogen-bond acceptors (Lipinski definition) is 4. The molecule has 1 aromatic rings. The van der Waals surface area contributed by atoms with Crippen LogP contribution in [0.2, 0.25) is 0 Å². The predicted octanol–water partition coefficient (Wildman–Crippen LogP) is 2.79. The summed E-state index contributed by atoms with van der Waals surface area (Å²) in [5, 5.41) is 0. The molecule has 2 saturated heterocycles. The maximum absolute atomic E-state index is 5.86. The van der Waals surface area contributed by atoms with E-state index in [1.165, 1.54) is 51.1 Å². The van der Waals surface area contributed by atoms with Crippen molar-refractivity contribution in [3.8, 4) is 0 Å². The van der Waals surface area contributed by atoms with Gasteiger partial charge in [-0.25, -0.2) is 0 Å². The summed E-state index contributed by atoms with van der Waals surface area (Å²) in [6.07, 6.45) is 5.57. The highest BCUT2D eigenvalue weighted by Gasteiger charge is 2.30. The molecule has 0 amide bonds. The zero-order valence-electron chi connectivity index (χ0n) is 14.7. The fourth-order valence-electron chi connectivity index (χ4n) is 3.96. The monoisotopic (exact) mass is 317 g/mol. The lowest BCUT2D eigenvalue weighted by Crippen LogP contribution is -2.40. The molecule has 0 aromatic carbocycles. The van der Waals surface area contributed by atoms with Gasteiger partial charge in [0, 0.05) is 39.0 Å². The van der Waals surface area contributed by atoms with E-state index in [1.807, 2.05) is 12.3 Å². The molecule has 1 atom stereocenters. The second-order valence-electron chi connectivity index (χ2n) is 7.72. The third-order valence-electron chi connectivity index (χ3n) is 5.11. The number of hydrogen-bond donors (Lipinski definition) is 0. The molecule has 4 nitrogen and oxygen atoms in total. The van der Waals surface area contributed by atoms with Crippen LogP contribution in [0, 0.1) is 5.92 Å². The second-order valence-corrected chi connectivity index (χ2v) is 7.72. The van der Waals surface area contributed by atoms with Crippen molar-refractivity contribution in [1.82, 2.24) is 14.8 Å². The highest BCUT2D eigenvalue weighted by Crippen LogP contribution is 2.29. The minimum atomic E-state index is 0.0692. The van der Waals surface area contributed by atoms with Crippen LogP contribution in [0.3, 0.4) is 0 Å². The van der Waals surface area contributed by atoms with E-state index >= 15 is 0 Å². The summed E-state index contributed by atoms with van der Waals surface area (Å²) in [5.74, 6) is 0.793. The van der Waals surface area contributed by atoms with Gasteiger partial charge in [-0.3, -0.25) is 9.88 Å². The summed E-state index contributed by atoms with van der Waals surface area (Å²) in [6.45, 7) is 12.4. The molecule has 1 aromatic heterocycles. The van der Waals surface area contributed by atoms with Crippen molar-refractivity contribution in [3.63, 3.8) is 0 Å². The molecule has 2 aliphatic heterocycles. The Morgan fingerprint density at radius 1 is 1.17 bits per heavy atom. The van der Waals surface area contributed by atoms with Crippen LogP contribution in [-0.2, 0) is 11.3 Å². The van der Waals surface area contributed by atoms with Crippen LogP contribution in [0.5, 0.6) is 0 Å². The fourth-order valence-corrected chi connectivity index (χ4v) is 3.96. The van der Waals surface area contributed by atoms with Crippen LogP contribution in [0.1, 0.15) is 38.8 Å². The maximum Gasteiger partial charge on any atom is 0.0629 e. The van der Waals surface area contributed by atoms with E-state index in [2.05, 4.69) is 40.8 Å². The summed E-state index contributed by atoms with van der Waals surface area (Å²) in [4.78, 5) is 9.69. The molecule has 0 spiro atoms. The molecule has 0 bridgehead atoms. The molecule has 128 valence electrons. The lowest BCUT2D eigenvalue weighted by molar-refractivity contribution is -0.0766. The number of pyridine rings is 1. The molecular formula is C19H31N3O. The van der Waals surface area contributed by atoms with Gasteiger partial charge in [0.05, 0.1) is 11.3 Å². The Hall–Kier alpha value is -0.970. The second kappa shape index (κ2) is 7.73. The summed E-state index contributed by atoms with van der Waals surface area (Å²) < 4.78 is 5.86. The molecule has 3 heterocycles. The van der Waals surface area contributed by atoms with Gasteiger partial charge in [0.1, 0.15) is 0 Å². The molecule has 4 heteroatoms. The minimum Gasteiger partial charge on any atom is -0.376 e. The Balaban J connectivity index is 1.47. The van der Waals surface area contributed by atoms with Gasteiger partial charge in [0.15, 0.2) is 0 Å². The summed E-state index contributed by atoms with van der Waals surface area (Å²) in [6, 6.07) is 6.20. The van der Waals surface area contributed by atoms with Gasteiger partial charge < -0.3 is 9.64 Å². The first-order chi connectivity index (χ1) is 11.1. The first-order valence-electron chi connectivity index (χ1n) is 9.09. The van der Waals surface area contributed by atoms with Gasteiger partial charge >= 0.3 is 0 Å². The van der Waals surface area contributed by atoms with E-state index < -0.39 is 0 Å². The average Bonchev–Trinajstić information content (AvgIpc) is 2.73. The van der Waals surface area contributed by atoms with Crippen molar-refractivity contribution in [2.75, 3.05) is 39.3 Å². The van der Waals surface area contributed by atoms with Gasteiger partial charge in [0.2, 0.25) is 0 Å². The molecule has 2 aliphatic rings. The Kier molecular flexibility index (Phi) is 5.67. The van der Waals surface area contributed by atoms with Gasteiger partial charge in [-0.05, 0) is 64.3 Å². The van der Waals surface area contributed by atoms with E-state index in [1.54, 1.807) is 0 Å². The maximum atomic E-state index is 5.86. The van der Waals surface area contributed by atoms with Crippen LogP contribution in [-0.4, -0.2) is 59.7 Å². The lowest BCUT2D eigenvalue weighted by atomic mass is 9.88. The summed E-state index contributed by atoms with van der Waals surface area (Å²) in [5.41, 5.74) is 1.26. The SMILES string of the molecule is CC1(C)CC(CN2CCCN(Cc3ccccn3)CC2)CCO1. The first kappa shape index (κ1) is 16.9. The Morgan fingerprint density at radius 3 is 2.78 bits per heavy atom. The quantitative estimate of drug-likeness (QED) is 0.854. The number of rotatable bonds is 4. The van der Waals surface area contributed by atoms with Crippen molar-refractivity contribution < 1.29 is 4.74 Å². The molecule has 0 radical (unpaired) electrons. The van der Waals surface area contributed by atoms with Crippen molar-refractivity contribution in [1.29, 1.82) is 0 Å². The molecule has 0 aliphatic carbocycles. The van der Waals surface area contributed by atoms with Crippen LogP contribution in [0.25, 0.3) is 0 Å². The van der Waals surface area contributed by atoms with Gasteiger partial charge in [0.25, 0.3) is 0 Å². The van der Waals surface area contributed by atoms with Crippen LogP contribution < -0.4 is 0 Å². The molecule has 2 fully saturated rings. The van der Waals surface area contributed by atoms with E-state index in [4.69, 9.17) is 4.74 Å². The highest BCUT2D eigenvalue weighted by atomic mass is 16.5. The van der Waals surface area contributed by atoms with Crippen molar-refractivity contribution >= 4 is 0 Å². The number of ether oxygens (including phenoxy) is 1. The zero-order valence-corrected chi connectivity index (χ0v) is 14.7. The largest absolute Gasteiger partial charge is 0.376 e. The Labute approximate surface area is 140 Å². The van der Waals surface area contributed by atoms with Crippen LogP contribution >= 0.6 is 0 Å². The average molecular weight is 317 g/mol. The fraction of sp³-hybridized carbons (Fsp3) is 0.737. The van der Waals surface area contributed by atoms with Gasteiger partial charge in [-0.2, -0.15) is 0 Å². The van der Waals surface area contributed by atoms with E-state index in [0.717, 1.165) is 25.6 Å². The summed E-state index contributed by atoms with van der Waals surface area (Å²) >= 11 is 0. The van der Waals surface area contributed by atoms with E-state index in [9.17, 15) is 0 Å². The third-order valence-corrected chi connectivity index (χ3v) is 5.11. The van der Waals surface area contributed by atoms with Crippen molar-refractivity contribution in [3.05, 3.63) is 30.1 Å². The zero-order chi connectivity index (χ0) is 16.1. The standard InChI is InChI=1S/C19H31N3O/c1-19(2)14-17(7-13-23-19)15-21-9-5-10-22(12-11-21)16-18-6-3-4-8-20-18/h3-4,6,8,17H,5,7,9-16H2,1-2H3. The van der Waals surface area contributed by atoms with Gasteiger partial charge in [-0.1, -0.05) is 6.07 Å². The molecule has 3 rings (SSSR count). The van der Waals surface area contributed by atoms with E-state index in [-0.39, 0.29) is 5.60 Å². The van der Waals surface area contributed by atoms with E-state index in [0.29, 0.717) is 0 Å². The molecule has 0 N–H and O–H groups in total. The smallest absolute Gasteiger partial charge is 0.0629 e. The highest BCUT2D eigenvalue weighted by molar-refractivity contribution is 5.03. The number of nitrogens with zero attached hydrogens (tertiary/aromatic N) is 3. The normalized spacial score (nSPS) is 26.8. The molecule has 0 saturated carbocycles. The van der Waals surface area contributed by atoms with Crippen molar-refractivity contribution in [2.45, 2.75) is 45.3 Å². The minimum absolute atomic E-state index is 0.0692. The van der Waals surface area contributed by atoms with Crippen molar-refractivity contribution in [2.24, 2.45) is 5.92 Å². The molecule has 1 unspecified atom stereocenters. The predicted molar refractivity (Wildman–Crippen MR) is 93.3 cm³/mol. The summed E-state index contributed by atoms with van der Waals surface area (Å²) in [7, 11) is 0. The van der Waals surface area contributed by atoms with Crippen LogP contribution in [0.4, 0.5) is 0 Å². The molecule has 23 heavy (non-hydrogen) atoms. The lowest BCUT2D eigenvalue weighted by Gasteiger charge is -2.37. The Morgan fingerprint density at radius 2 is 2.00 bits per heavy atom. The van der Waals surface area contributed by atoms with Gasteiger partial charge in [-0.15, -0.1) is 0 Å². The number of aromatic nitrogens is 1. The molecular weight excluding hydrogens is 286 g/mol. The topological polar surface area (TPSA) is 28.6 Å². The van der Waals surface area contributed by atoms with Crippen LogP contribution in [0.15, 0.2) is 24.4 Å².